The molecule has 8 nitrogen and oxygen atoms in total. The van der Waals surface area contributed by atoms with E-state index in [1.54, 1.807) is 23.2 Å². The van der Waals surface area contributed by atoms with Crippen LogP contribution in [0.5, 0.6) is 0 Å². The molecule has 0 unspecified atom stereocenters. The highest BCUT2D eigenvalue weighted by Gasteiger charge is 2.29. The van der Waals surface area contributed by atoms with Crippen molar-refractivity contribution in [3.05, 3.63) is 106 Å². The quantitative estimate of drug-likeness (QED) is 0.309. The summed E-state index contributed by atoms with van der Waals surface area (Å²) in [4.78, 5) is 26.4. The van der Waals surface area contributed by atoms with Crippen LogP contribution in [0.25, 0.3) is 0 Å². The number of aromatic nitrogens is 3. The third-order valence-corrected chi connectivity index (χ3v) is 4.99. The molecule has 160 valence electrons. The molecule has 8 heteroatoms. The van der Waals surface area contributed by atoms with Crippen molar-refractivity contribution in [2.75, 3.05) is 10.2 Å². The molecule has 1 N–H and O–H groups in total. The average molecular weight is 426 g/mol. The van der Waals surface area contributed by atoms with Crippen LogP contribution in [-0.2, 0) is 6.54 Å². The van der Waals surface area contributed by atoms with Crippen LogP contribution in [0, 0.1) is 24.0 Å². The Bertz CT molecular complexity index is 1230. The molecule has 4 rings (SSSR count). The Hall–Kier alpha value is -4.33. The van der Waals surface area contributed by atoms with Gasteiger partial charge in [0.25, 0.3) is 0 Å². The average Bonchev–Trinajstić information content (AvgIpc) is 2.80. The predicted molar refractivity (Wildman–Crippen MR) is 124 cm³/mol. The van der Waals surface area contributed by atoms with E-state index in [0.717, 1.165) is 22.4 Å². The highest BCUT2D eigenvalue weighted by molar-refractivity contribution is 5.78. The van der Waals surface area contributed by atoms with Gasteiger partial charge in [0.15, 0.2) is 0 Å². The van der Waals surface area contributed by atoms with Crippen molar-refractivity contribution in [1.29, 1.82) is 0 Å². The number of aryl methyl sites for hydroxylation is 2. The molecule has 2 aromatic heterocycles. The molecule has 32 heavy (non-hydrogen) atoms. The third kappa shape index (κ3) is 4.54. The Morgan fingerprint density at radius 1 is 0.969 bits per heavy atom. The maximum Gasteiger partial charge on any atom is 0.354 e. The Labute approximate surface area is 185 Å². The van der Waals surface area contributed by atoms with Gasteiger partial charge in [-0.3, -0.25) is 10.1 Å². The standard InChI is InChI=1S/C24H22N6O2/c1-17-11-12-20(18(2)14-17)28-23-22(30(31)32)24(27-16-26-23)29(21-10-6-7-13-25-21)15-19-8-4-3-5-9-19/h3-14,16H,15H2,1-2H3,(H,26,27,28). The molecule has 0 aliphatic heterocycles. The lowest BCUT2D eigenvalue weighted by molar-refractivity contribution is -0.383. The topological polar surface area (TPSA) is 97.1 Å². The maximum absolute atomic E-state index is 12.2. The second-order valence-electron chi connectivity index (χ2n) is 7.35. The van der Waals surface area contributed by atoms with E-state index in [1.807, 2.05) is 68.4 Å². The molecule has 0 aliphatic rings. The Morgan fingerprint density at radius 2 is 1.75 bits per heavy atom. The molecule has 0 saturated carbocycles. The number of anilines is 4. The number of pyridine rings is 1. The number of nitro groups is 1. The first-order valence-corrected chi connectivity index (χ1v) is 10.1. The van der Waals surface area contributed by atoms with Gasteiger partial charge in [0.1, 0.15) is 12.1 Å². The number of benzene rings is 2. The molecule has 2 aromatic carbocycles. The summed E-state index contributed by atoms with van der Waals surface area (Å²) in [6, 6.07) is 20.9. The van der Waals surface area contributed by atoms with Crippen molar-refractivity contribution in [2.24, 2.45) is 0 Å². The fourth-order valence-corrected chi connectivity index (χ4v) is 3.45. The zero-order valence-corrected chi connectivity index (χ0v) is 17.8. The number of nitrogens with one attached hydrogen (secondary N) is 1. The van der Waals surface area contributed by atoms with Gasteiger partial charge in [-0.05, 0) is 43.2 Å². The molecule has 2 heterocycles. The lowest BCUT2D eigenvalue weighted by Gasteiger charge is -2.23. The van der Waals surface area contributed by atoms with Crippen molar-refractivity contribution in [3.63, 3.8) is 0 Å². The molecule has 0 amide bonds. The minimum Gasteiger partial charge on any atom is -0.334 e. The van der Waals surface area contributed by atoms with Crippen LogP contribution in [0.15, 0.2) is 79.3 Å². The van der Waals surface area contributed by atoms with Gasteiger partial charge in [0, 0.05) is 11.9 Å². The first-order chi connectivity index (χ1) is 15.5. The van der Waals surface area contributed by atoms with Gasteiger partial charge in [0.05, 0.1) is 11.5 Å². The van der Waals surface area contributed by atoms with Crippen LogP contribution < -0.4 is 10.2 Å². The van der Waals surface area contributed by atoms with Crippen molar-refractivity contribution in [1.82, 2.24) is 15.0 Å². The summed E-state index contributed by atoms with van der Waals surface area (Å²) >= 11 is 0. The maximum atomic E-state index is 12.2. The van der Waals surface area contributed by atoms with Gasteiger partial charge in [-0.1, -0.05) is 54.1 Å². The second-order valence-corrected chi connectivity index (χ2v) is 7.35. The third-order valence-electron chi connectivity index (χ3n) is 4.99. The van der Waals surface area contributed by atoms with E-state index in [0.29, 0.717) is 12.4 Å². The molecule has 0 bridgehead atoms. The molecular formula is C24H22N6O2. The van der Waals surface area contributed by atoms with Crippen molar-refractivity contribution < 1.29 is 4.92 Å². The summed E-state index contributed by atoms with van der Waals surface area (Å²) in [6.07, 6.45) is 2.98. The van der Waals surface area contributed by atoms with Crippen LogP contribution in [0.1, 0.15) is 16.7 Å². The normalized spacial score (nSPS) is 10.6. The van der Waals surface area contributed by atoms with Gasteiger partial charge in [-0.15, -0.1) is 0 Å². The summed E-state index contributed by atoms with van der Waals surface area (Å²) in [5, 5.41) is 15.3. The number of hydrogen-bond acceptors (Lipinski definition) is 7. The summed E-state index contributed by atoms with van der Waals surface area (Å²) < 4.78 is 0. The summed E-state index contributed by atoms with van der Waals surface area (Å²) in [5.41, 5.74) is 3.57. The summed E-state index contributed by atoms with van der Waals surface area (Å²) in [6.45, 7) is 4.30. The van der Waals surface area contributed by atoms with Crippen LogP contribution in [0.3, 0.4) is 0 Å². The monoisotopic (exact) mass is 426 g/mol. The van der Waals surface area contributed by atoms with E-state index < -0.39 is 4.92 Å². The first kappa shape index (κ1) is 20.9. The van der Waals surface area contributed by atoms with E-state index in [4.69, 9.17) is 0 Å². The van der Waals surface area contributed by atoms with Gasteiger partial charge in [-0.25, -0.2) is 15.0 Å². The van der Waals surface area contributed by atoms with Gasteiger partial charge in [-0.2, -0.15) is 0 Å². The predicted octanol–water partition coefficient (Wildman–Crippen LogP) is 5.48. The Balaban J connectivity index is 1.82. The molecule has 4 aromatic rings. The minimum absolute atomic E-state index is 0.126. The number of hydrogen-bond donors (Lipinski definition) is 1. The SMILES string of the molecule is Cc1ccc(Nc2ncnc(N(Cc3ccccc3)c3ccccn3)c2[N+](=O)[O-])c(C)c1. The molecule has 0 radical (unpaired) electrons. The summed E-state index contributed by atoms with van der Waals surface area (Å²) in [7, 11) is 0. The first-order valence-electron chi connectivity index (χ1n) is 10.1. The van der Waals surface area contributed by atoms with E-state index in [9.17, 15) is 10.1 Å². The Kier molecular flexibility index (Phi) is 6.03. The molecule has 0 atom stereocenters. The molecule has 0 saturated heterocycles. The number of nitrogens with zero attached hydrogens (tertiary/aromatic N) is 5. The van der Waals surface area contributed by atoms with Crippen molar-refractivity contribution in [3.8, 4) is 0 Å². The zero-order valence-electron chi connectivity index (χ0n) is 17.8. The highest BCUT2D eigenvalue weighted by Crippen LogP contribution is 2.37. The van der Waals surface area contributed by atoms with Crippen LogP contribution in [0.2, 0.25) is 0 Å². The van der Waals surface area contributed by atoms with E-state index in [2.05, 4.69) is 20.3 Å². The zero-order chi connectivity index (χ0) is 22.5. The number of rotatable bonds is 7. The molecule has 0 fully saturated rings. The largest absolute Gasteiger partial charge is 0.354 e. The van der Waals surface area contributed by atoms with Gasteiger partial charge >= 0.3 is 5.69 Å². The fraction of sp³-hybridized carbons (Fsp3) is 0.125. The summed E-state index contributed by atoms with van der Waals surface area (Å²) in [5.74, 6) is 0.844. The van der Waals surface area contributed by atoms with Gasteiger partial charge < -0.3 is 10.2 Å². The lowest BCUT2D eigenvalue weighted by atomic mass is 10.1. The van der Waals surface area contributed by atoms with E-state index >= 15 is 0 Å². The minimum atomic E-state index is -0.456. The lowest BCUT2D eigenvalue weighted by Crippen LogP contribution is -2.21. The second kappa shape index (κ2) is 9.22. The van der Waals surface area contributed by atoms with Gasteiger partial charge in [0.2, 0.25) is 11.6 Å². The van der Waals surface area contributed by atoms with Crippen LogP contribution in [0.4, 0.5) is 28.8 Å². The Morgan fingerprint density at radius 3 is 2.44 bits per heavy atom. The van der Waals surface area contributed by atoms with Crippen molar-refractivity contribution >= 4 is 28.8 Å². The van der Waals surface area contributed by atoms with Crippen LogP contribution in [-0.4, -0.2) is 19.9 Å². The molecule has 0 spiro atoms. The highest BCUT2D eigenvalue weighted by atomic mass is 16.6. The van der Waals surface area contributed by atoms with Crippen molar-refractivity contribution in [2.45, 2.75) is 20.4 Å². The fourth-order valence-electron chi connectivity index (χ4n) is 3.45. The molecule has 0 aliphatic carbocycles. The van der Waals surface area contributed by atoms with Crippen LogP contribution >= 0.6 is 0 Å². The smallest absolute Gasteiger partial charge is 0.334 e. The molecular weight excluding hydrogens is 404 g/mol. The van der Waals surface area contributed by atoms with E-state index in [1.165, 1.54) is 6.33 Å². The van der Waals surface area contributed by atoms with E-state index in [-0.39, 0.29) is 17.3 Å².